The van der Waals surface area contributed by atoms with Crippen LogP contribution in [0.5, 0.6) is 0 Å². The Kier molecular flexibility index (Phi) is 4.07. The fourth-order valence-corrected chi connectivity index (χ4v) is 2.06. The second kappa shape index (κ2) is 5.61. The van der Waals surface area contributed by atoms with Gasteiger partial charge in [0.05, 0.1) is 0 Å². The van der Waals surface area contributed by atoms with Crippen molar-refractivity contribution >= 4 is 34.2 Å². The molecule has 104 valence electrons. The van der Waals surface area contributed by atoms with Crippen LogP contribution < -0.4 is 16.6 Å². The normalized spacial score (nSPS) is 10.3. The van der Waals surface area contributed by atoms with Crippen LogP contribution >= 0.6 is 22.6 Å². The molecule has 0 unspecified atom stereocenters. The number of halogens is 1. The van der Waals surface area contributed by atoms with Crippen LogP contribution in [0.2, 0.25) is 0 Å². The third-order valence-corrected chi connectivity index (χ3v) is 3.51. The minimum atomic E-state index is -0.615. The Labute approximate surface area is 128 Å². The van der Waals surface area contributed by atoms with Crippen molar-refractivity contribution in [3.05, 3.63) is 60.4 Å². The Morgan fingerprint density at radius 2 is 1.75 bits per heavy atom. The molecule has 1 aromatic heterocycles. The second-order valence-corrected chi connectivity index (χ2v) is 5.51. The van der Waals surface area contributed by atoms with Gasteiger partial charge in [0.2, 0.25) is 0 Å². The van der Waals surface area contributed by atoms with Crippen molar-refractivity contribution in [3.8, 4) is 0 Å². The summed E-state index contributed by atoms with van der Waals surface area (Å²) in [5.41, 5.74) is -0.573. The quantitative estimate of drug-likeness (QED) is 0.783. The van der Waals surface area contributed by atoms with E-state index in [1.54, 1.807) is 12.1 Å². The molecule has 0 aliphatic rings. The van der Waals surface area contributed by atoms with Crippen LogP contribution in [0.4, 0.5) is 5.69 Å². The van der Waals surface area contributed by atoms with Crippen molar-refractivity contribution in [3.63, 3.8) is 0 Å². The lowest BCUT2D eigenvalue weighted by molar-refractivity contribution is 0.102. The molecule has 6 nitrogen and oxygen atoms in total. The SMILES string of the molecule is Cn1cc(C(=O)Nc2ccc(I)cc2)c(=O)n(C)c1=O. The Morgan fingerprint density at radius 3 is 2.35 bits per heavy atom. The van der Waals surface area contributed by atoms with Crippen molar-refractivity contribution in [2.24, 2.45) is 14.1 Å². The van der Waals surface area contributed by atoms with Gasteiger partial charge in [-0.2, -0.15) is 0 Å². The molecule has 0 aliphatic heterocycles. The van der Waals surface area contributed by atoms with E-state index in [1.807, 2.05) is 12.1 Å². The number of hydrogen-bond acceptors (Lipinski definition) is 3. The van der Waals surface area contributed by atoms with Crippen LogP contribution in [0.3, 0.4) is 0 Å². The fraction of sp³-hybridized carbons (Fsp3) is 0.154. The molecule has 1 heterocycles. The molecule has 0 bridgehead atoms. The van der Waals surface area contributed by atoms with Gasteiger partial charge in [0.25, 0.3) is 11.5 Å². The topological polar surface area (TPSA) is 73.1 Å². The molecule has 2 rings (SSSR count). The first kappa shape index (κ1) is 14.5. The number of amides is 1. The number of carbonyl (C=O) groups excluding carboxylic acids is 1. The van der Waals surface area contributed by atoms with Crippen LogP contribution in [-0.4, -0.2) is 15.0 Å². The largest absolute Gasteiger partial charge is 0.330 e. The highest BCUT2D eigenvalue weighted by Crippen LogP contribution is 2.11. The zero-order valence-electron chi connectivity index (χ0n) is 10.9. The molecule has 0 saturated carbocycles. The van der Waals surface area contributed by atoms with Gasteiger partial charge < -0.3 is 9.88 Å². The number of hydrogen-bond donors (Lipinski definition) is 1. The average Bonchev–Trinajstić information content (AvgIpc) is 2.43. The molecule has 0 spiro atoms. The third kappa shape index (κ3) is 2.82. The maximum Gasteiger partial charge on any atom is 0.330 e. The van der Waals surface area contributed by atoms with Gasteiger partial charge in [-0.15, -0.1) is 0 Å². The molecule has 7 heteroatoms. The van der Waals surface area contributed by atoms with Gasteiger partial charge in [-0.3, -0.25) is 14.2 Å². The first-order valence-corrected chi connectivity index (χ1v) is 6.81. The molecule has 0 atom stereocenters. The minimum Gasteiger partial charge on any atom is -0.322 e. The molecule has 1 N–H and O–H groups in total. The fourth-order valence-electron chi connectivity index (χ4n) is 1.70. The maximum atomic E-state index is 12.1. The van der Waals surface area contributed by atoms with E-state index in [0.29, 0.717) is 5.69 Å². The number of aryl methyl sites for hydroxylation is 1. The van der Waals surface area contributed by atoms with Crippen molar-refractivity contribution < 1.29 is 4.79 Å². The lowest BCUT2D eigenvalue weighted by Gasteiger charge is -2.08. The number of nitrogens with one attached hydrogen (secondary N) is 1. The Morgan fingerprint density at radius 1 is 1.15 bits per heavy atom. The van der Waals surface area contributed by atoms with Crippen molar-refractivity contribution in [1.82, 2.24) is 9.13 Å². The molecule has 20 heavy (non-hydrogen) atoms. The first-order chi connectivity index (χ1) is 9.40. The van der Waals surface area contributed by atoms with Gasteiger partial charge in [0, 0.05) is 29.5 Å². The molecule has 0 radical (unpaired) electrons. The van der Waals surface area contributed by atoms with E-state index in [-0.39, 0.29) is 5.56 Å². The second-order valence-electron chi connectivity index (χ2n) is 4.26. The summed E-state index contributed by atoms with van der Waals surface area (Å²) in [5, 5.41) is 2.63. The molecular formula is C13H12IN3O3. The highest BCUT2D eigenvalue weighted by molar-refractivity contribution is 14.1. The van der Waals surface area contributed by atoms with Gasteiger partial charge in [-0.05, 0) is 46.9 Å². The highest BCUT2D eigenvalue weighted by Gasteiger charge is 2.14. The summed E-state index contributed by atoms with van der Waals surface area (Å²) >= 11 is 2.16. The zero-order chi connectivity index (χ0) is 14.9. The summed E-state index contributed by atoms with van der Waals surface area (Å²) in [5.74, 6) is -0.539. The smallest absolute Gasteiger partial charge is 0.322 e. The summed E-state index contributed by atoms with van der Waals surface area (Å²) in [4.78, 5) is 35.6. The van der Waals surface area contributed by atoms with E-state index in [2.05, 4.69) is 27.9 Å². The third-order valence-electron chi connectivity index (χ3n) is 2.79. The summed E-state index contributed by atoms with van der Waals surface area (Å²) < 4.78 is 3.14. The van der Waals surface area contributed by atoms with Gasteiger partial charge in [-0.1, -0.05) is 0 Å². The summed E-state index contributed by atoms with van der Waals surface area (Å²) in [6.45, 7) is 0. The molecular weight excluding hydrogens is 373 g/mol. The molecule has 0 fully saturated rings. The number of benzene rings is 1. The van der Waals surface area contributed by atoms with Crippen LogP contribution in [0, 0.1) is 3.57 Å². The Bertz CT molecular complexity index is 775. The summed E-state index contributed by atoms with van der Waals surface area (Å²) in [7, 11) is 2.83. The van der Waals surface area contributed by atoms with Crippen LogP contribution in [0.25, 0.3) is 0 Å². The standard InChI is InChI=1S/C13H12IN3O3/c1-16-7-10(12(19)17(2)13(16)20)11(18)15-9-5-3-8(14)4-6-9/h3-7H,1-2H3,(H,15,18). The molecule has 1 amide bonds. The van der Waals surface area contributed by atoms with E-state index in [4.69, 9.17) is 0 Å². The highest BCUT2D eigenvalue weighted by atomic mass is 127. The Balaban J connectivity index is 2.37. The van der Waals surface area contributed by atoms with Gasteiger partial charge in [0.1, 0.15) is 5.56 Å². The van der Waals surface area contributed by atoms with E-state index < -0.39 is 17.2 Å². The van der Waals surface area contributed by atoms with Crippen molar-refractivity contribution in [2.75, 3.05) is 5.32 Å². The number of aromatic nitrogens is 2. The number of nitrogens with zero attached hydrogens (tertiary/aromatic N) is 2. The van der Waals surface area contributed by atoms with E-state index in [1.165, 1.54) is 24.9 Å². The van der Waals surface area contributed by atoms with Crippen LogP contribution in [0.15, 0.2) is 40.1 Å². The first-order valence-electron chi connectivity index (χ1n) is 5.73. The van der Waals surface area contributed by atoms with E-state index >= 15 is 0 Å². The van der Waals surface area contributed by atoms with Crippen LogP contribution in [-0.2, 0) is 14.1 Å². The van der Waals surface area contributed by atoms with Gasteiger partial charge >= 0.3 is 5.69 Å². The number of carbonyl (C=O) groups is 1. The minimum absolute atomic E-state index is 0.0758. The summed E-state index contributed by atoms with van der Waals surface area (Å²) in [6, 6.07) is 7.17. The van der Waals surface area contributed by atoms with Crippen molar-refractivity contribution in [1.29, 1.82) is 0 Å². The predicted molar refractivity (Wildman–Crippen MR) is 84.0 cm³/mol. The molecule has 2 aromatic rings. The van der Waals surface area contributed by atoms with Gasteiger partial charge in [0.15, 0.2) is 0 Å². The zero-order valence-corrected chi connectivity index (χ0v) is 13.0. The number of rotatable bonds is 2. The van der Waals surface area contributed by atoms with Crippen LogP contribution in [0.1, 0.15) is 10.4 Å². The van der Waals surface area contributed by atoms with E-state index in [9.17, 15) is 14.4 Å². The average molecular weight is 385 g/mol. The maximum absolute atomic E-state index is 12.1. The predicted octanol–water partition coefficient (Wildman–Crippen LogP) is 0.941. The monoisotopic (exact) mass is 385 g/mol. The number of anilines is 1. The van der Waals surface area contributed by atoms with Crippen molar-refractivity contribution in [2.45, 2.75) is 0 Å². The molecule has 0 saturated heterocycles. The Hall–Kier alpha value is -1.90. The lowest BCUT2D eigenvalue weighted by Crippen LogP contribution is -2.40. The molecule has 0 aliphatic carbocycles. The van der Waals surface area contributed by atoms with E-state index in [0.717, 1.165) is 8.14 Å². The molecule has 1 aromatic carbocycles. The van der Waals surface area contributed by atoms with Gasteiger partial charge in [-0.25, -0.2) is 4.79 Å². The lowest BCUT2D eigenvalue weighted by atomic mass is 10.2. The summed E-state index contributed by atoms with van der Waals surface area (Å²) in [6.07, 6.45) is 1.24.